The number of aromatic amines is 1. The number of ether oxygens (including phenoxy) is 1. The van der Waals surface area contributed by atoms with Crippen LogP contribution in [0.1, 0.15) is 5.82 Å². The average Bonchev–Trinajstić information content (AvgIpc) is 3.24. The molecular formula is C14H11FN8O. The van der Waals surface area contributed by atoms with Crippen LogP contribution >= 0.6 is 0 Å². The Kier molecular flexibility index (Phi) is 3.46. The molecule has 0 atom stereocenters. The summed E-state index contributed by atoms with van der Waals surface area (Å²) in [7, 11) is 0. The van der Waals surface area contributed by atoms with E-state index in [4.69, 9.17) is 4.74 Å². The number of hydrogen-bond donors (Lipinski definition) is 2. The molecule has 4 rings (SSSR count). The molecule has 10 heteroatoms. The van der Waals surface area contributed by atoms with E-state index in [0.717, 1.165) is 0 Å². The first-order valence-corrected chi connectivity index (χ1v) is 7.02. The molecule has 0 fully saturated rings. The molecule has 0 aliphatic rings. The second kappa shape index (κ2) is 5.91. The standard InChI is InChI=1S/C14H11FN8O/c15-9-2-1-3-10(6-9)24-13-7-11(14-16-4-5-23(14)20-13)17-8-12-18-21-22-19-12/h1-7,17H,8H2,(H,18,19,21,22). The van der Waals surface area contributed by atoms with Crippen molar-refractivity contribution in [1.82, 2.24) is 35.2 Å². The van der Waals surface area contributed by atoms with E-state index in [0.29, 0.717) is 35.3 Å². The predicted octanol–water partition coefficient (Wildman–Crippen LogP) is 1.79. The van der Waals surface area contributed by atoms with Gasteiger partial charge in [0.25, 0.3) is 0 Å². The molecule has 0 unspecified atom stereocenters. The summed E-state index contributed by atoms with van der Waals surface area (Å²) in [5, 5.41) is 21.1. The van der Waals surface area contributed by atoms with Crippen molar-refractivity contribution in [3.8, 4) is 11.6 Å². The van der Waals surface area contributed by atoms with E-state index in [9.17, 15) is 4.39 Å². The summed E-state index contributed by atoms with van der Waals surface area (Å²) in [6.07, 6.45) is 3.31. The number of tetrazole rings is 1. The Morgan fingerprint density at radius 2 is 2.25 bits per heavy atom. The number of halogens is 1. The van der Waals surface area contributed by atoms with E-state index in [1.807, 2.05) is 0 Å². The topological polar surface area (TPSA) is 106 Å². The molecule has 0 bridgehead atoms. The van der Waals surface area contributed by atoms with Gasteiger partial charge in [-0.3, -0.25) is 0 Å². The highest BCUT2D eigenvalue weighted by molar-refractivity contribution is 5.68. The molecule has 0 radical (unpaired) electrons. The maximum absolute atomic E-state index is 13.3. The highest BCUT2D eigenvalue weighted by Gasteiger charge is 2.10. The van der Waals surface area contributed by atoms with Crippen LogP contribution in [-0.2, 0) is 6.54 Å². The monoisotopic (exact) mass is 326 g/mol. The van der Waals surface area contributed by atoms with Crippen molar-refractivity contribution in [2.75, 3.05) is 5.32 Å². The number of benzene rings is 1. The molecule has 0 saturated heterocycles. The summed E-state index contributed by atoms with van der Waals surface area (Å²) < 4.78 is 20.5. The first-order chi connectivity index (χ1) is 11.8. The number of rotatable bonds is 5. The third-order valence-corrected chi connectivity index (χ3v) is 3.18. The molecule has 3 aromatic heterocycles. The van der Waals surface area contributed by atoms with Gasteiger partial charge in [-0.25, -0.2) is 13.9 Å². The van der Waals surface area contributed by atoms with Crippen molar-refractivity contribution in [3.05, 3.63) is 54.4 Å². The molecule has 120 valence electrons. The van der Waals surface area contributed by atoms with Crippen LogP contribution in [0.2, 0.25) is 0 Å². The minimum absolute atomic E-state index is 0.293. The number of anilines is 1. The maximum Gasteiger partial charge on any atom is 0.239 e. The summed E-state index contributed by atoms with van der Waals surface area (Å²) in [6.45, 7) is 0.350. The number of nitrogens with zero attached hydrogens (tertiary/aromatic N) is 6. The van der Waals surface area contributed by atoms with Gasteiger partial charge in [-0.05, 0) is 12.1 Å². The smallest absolute Gasteiger partial charge is 0.239 e. The Hall–Kier alpha value is -3.56. The first-order valence-electron chi connectivity index (χ1n) is 7.02. The van der Waals surface area contributed by atoms with Crippen molar-refractivity contribution >= 4 is 11.3 Å². The summed E-state index contributed by atoms with van der Waals surface area (Å²) in [5.41, 5.74) is 1.29. The normalized spacial score (nSPS) is 10.9. The molecule has 2 N–H and O–H groups in total. The molecule has 24 heavy (non-hydrogen) atoms. The second-order valence-electron chi connectivity index (χ2n) is 4.83. The van der Waals surface area contributed by atoms with Gasteiger partial charge < -0.3 is 10.1 Å². The lowest BCUT2D eigenvalue weighted by molar-refractivity contribution is 0.448. The van der Waals surface area contributed by atoms with Gasteiger partial charge in [-0.2, -0.15) is 5.21 Å². The highest BCUT2D eigenvalue weighted by Crippen LogP contribution is 2.25. The molecule has 0 amide bonds. The molecular weight excluding hydrogens is 315 g/mol. The SMILES string of the molecule is Fc1cccc(Oc2cc(NCc3nn[nH]n3)c3nccn3n2)c1. The lowest BCUT2D eigenvalue weighted by atomic mass is 10.3. The number of fused-ring (bicyclic) bond motifs is 1. The summed E-state index contributed by atoms with van der Waals surface area (Å²) in [6, 6.07) is 7.52. The Balaban J connectivity index is 1.64. The van der Waals surface area contributed by atoms with Gasteiger partial charge in [0.2, 0.25) is 5.88 Å². The van der Waals surface area contributed by atoms with Crippen molar-refractivity contribution in [2.24, 2.45) is 0 Å². The van der Waals surface area contributed by atoms with Gasteiger partial charge in [0, 0.05) is 24.5 Å². The van der Waals surface area contributed by atoms with Crippen LogP contribution in [0, 0.1) is 5.82 Å². The van der Waals surface area contributed by atoms with Crippen molar-refractivity contribution in [3.63, 3.8) is 0 Å². The van der Waals surface area contributed by atoms with Crippen LogP contribution in [0.5, 0.6) is 11.6 Å². The number of hydrogen-bond acceptors (Lipinski definition) is 7. The lowest BCUT2D eigenvalue weighted by Crippen LogP contribution is -2.05. The molecule has 0 aliphatic heterocycles. The Morgan fingerprint density at radius 3 is 3.08 bits per heavy atom. The van der Waals surface area contributed by atoms with Crippen molar-refractivity contribution in [2.45, 2.75) is 6.54 Å². The van der Waals surface area contributed by atoms with Crippen LogP contribution in [0.25, 0.3) is 5.65 Å². The first kappa shape index (κ1) is 14.1. The number of nitrogens with one attached hydrogen (secondary N) is 2. The van der Waals surface area contributed by atoms with Gasteiger partial charge in [-0.15, -0.1) is 15.3 Å². The fraction of sp³-hybridized carbons (Fsp3) is 0.0714. The van der Waals surface area contributed by atoms with Crippen LogP contribution in [-0.4, -0.2) is 35.2 Å². The van der Waals surface area contributed by atoms with E-state index in [1.165, 1.54) is 12.1 Å². The van der Waals surface area contributed by atoms with Crippen LogP contribution in [0.4, 0.5) is 10.1 Å². The van der Waals surface area contributed by atoms with E-state index < -0.39 is 0 Å². The zero-order valence-corrected chi connectivity index (χ0v) is 12.2. The summed E-state index contributed by atoms with van der Waals surface area (Å²) in [5.74, 6) is 0.767. The van der Waals surface area contributed by atoms with Gasteiger partial charge >= 0.3 is 0 Å². The third kappa shape index (κ3) is 2.84. The van der Waals surface area contributed by atoms with Crippen LogP contribution in [0.3, 0.4) is 0 Å². The predicted molar refractivity (Wildman–Crippen MR) is 81.0 cm³/mol. The van der Waals surface area contributed by atoms with E-state index >= 15 is 0 Å². The molecule has 3 heterocycles. The van der Waals surface area contributed by atoms with Gasteiger partial charge in [-0.1, -0.05) is 11.3 Å². The van der Waals surface area contributed by atoms with Gasteiger partial charge in [0.15, 0.2) is 11.5 Å². The van der Waals surface area contributed by atoms with E-state index in [-0.39, 0.29) is 5.82 Å². The highest BCUT2D eigenvalue weighted by atomic mass is 19.1. The van der Waals surface area contributed by atoms with E-state index in [1.54, 1.807) is 35.1 Å². The maximum atomic E-state index is 13.3. The summed E-state index contributed by atoms with van der Waals surface area (Å²) >= 11 is 0. The largest absolute Gasteiger partial charge is 0.437 e. The molecule has 1 aromatic carbocycles. The van der Waals surface area contributed by atoms with Crippen LogP contribution < -0.4 is 10.1 Å². The number of aromatic nitrogens is 7. The molecule has 4 aromatic rings. The van der Waals surface area contributed by atoms with Crippen molar-refractivity contribution < 1.29 is 9.13 Å². The Labute approximate surface area is 134 Å². The molecule has 0 spiro atoms. The second-order valence-corrected chi connectivity index (χ2v) is 4.83. The number of H-pyrrole nitrogens is 1. The average molecular weight is 326 g/mol. The zero-order chi connectivity index (χ0) is 16.4. The number of imidazole rings is 1. The molecule has 0 saturated carbocycles. The van der Waals surface area contributed by atoms with E-state index in [2.05, 4.69) is 36.0 Å². The summed E-state index contributed by atoms with van der Waals surface area (Å²) in [4.78, 5) is 4.24. The van der Waals surface area contributed by atoms with Crippen LogP contribution in [0.15, 0.2) is 42.7 Å². The lowest BCUT2D eigenvalue weighted by Gasteiger charge is -2.09. The minimum atomic E-state index is -0.383. The molecule has 9 nitrogen and oxygen atoms in total. The van der Waals surface area contributed by atoms with Gasteiger partial charge in [0.05, 0.1) is 12.2 Å². The quantitative estimate of drug-likeness (QED) is 0.576. The van der Waals surface area contributed by atoms with Gasteiger partial charge in [0.1, 0.15) is 11.6 Å². The third-order valence-electron chi connectivity index (χ3n) is 3.18. The zero-order valence-electron chi connectivity index (χ0n) is 12.2. The fourth-order valence-corrected chi connectivity index (χ4v) is 2.16. The fourth-order valence-electron chi connectivity index (χ4n) is 2.16. The molecule has 0 aliphatic carbocycles. The minimum Gasteiger partial charge on any atom is -0.437 e. The van der Waals surface area contributed by atoms with Crippen molar-refractivity contribution in [1.29, 1.82) is 0 Å². The Morgan fingerprint density at radius 1 is 1.29 bits per heavy atom. The Bertz CT molecular complexity index is 968.